The second-order valence-corrected chi connectivity index (χ2v) is 10.0. The highest BCUT2D eigenvalue weighted by Gasteiger charge is 2.47. The van der Waals surface area contributed by atoms with Gasteiger partial charge in [-0.15, -0.1) is 0 Å². The van der Waals surface area contributed by atoms with Crippen molar-refractivity contribution in [3.8, 4) is 0 Å². The molecular weight excluding hydrogens is 504 g/mol. The number of anilines is 1. The molecule has 3 rings (SSSR count). The summed E-state index contributed by atoms with van der Waals surface area (Å²) < 4.78 is 79.2. The summed E-state index contributed by atoms with van der Waals surface area (Å²) in [5, 5.41) is 14.6. The molecule has 0 bridgehead atoms. The Balaban J connectivity index is 1.94. The Morgan fingerprint density at radius 1 is 0.919 bits per heavy atom. The minimum atomic E-state index is -5.06. The summed E-state index contributed by atoms with van der Waals surface area (Å²) >= 11 is 0. The Labute approximate surface area is 209 Å². The number of urea groups is 1. The van der Waals surface area contributed by atoms with Crippen molar-refractivity contribution in [3.63, 3.8) is 0 Å². The van der Waals surface area contributed by atoms with Crippen LogP contribution in [-0.4, -0.2) is 40.8 Å². The number of halogens is 6. The lowest BCUT2D eigenvalue weighted by Gasteiger charge is -2.50. The fourth-order valence-electron chi connectivity index (χ4n) is 4.85. The van der Waals surface area contributed by atoms with E-state index in [1.165, 1.54) is 4.90 Å². The predicted octanol–water partition coefficient (Wildman–Crippen LogP) is 6.80. The first-order valence-electron chi connectivity index (χ1n) is 11.4. The number of nitrogens with one attached hydrogen (secondary N) is 2. The molecule has 2 aromatic carbocycles. The molecule has 202 valence electrons. The van der Waals surface area contributed by atoms with E-state index in [2.05, 4.69) is 10.6 Å². The third-order valence-corrected chi connectivity index (χ3v) is 6.27. The van der Waals surface area contributed by atoms with Gasteiger partial charge < -0.3 is 20.6 Å². The van der Waals surface area contributed by atoms with Gasteiger partial charge in [0, 0.05) is 30.2 Å². The van der Waals surface area contributed by atoms with Gasteiger partial charge in [-0.25, -0.2) is 9.59 Å². The van der Waals surface area contributed by atoms with Crippen LogP contribution >= 0.6 is 0 Å². The standard InChI is InChI=1S/C25H27F6N3O3/c1-23(2,3)20-19(14-7-5-4-6-8-14)18(9-10-34(20)22(36)37)33-21(35)32-17-12-15(24(26,27)28)11-16(13-17)25(29,30)31/h4-8,11-13,18-20H,9-10H2,1-3H3,(H,36,37)(H2,32,33,35)/t18-,19-,20?/m1/s1. The van der Waals surface area contributed by atoms with E-state index in [0.29, 0.717) is 12.1 Å². The van der Waals surface area contributed by atoms with Crippen molar-refractivity contribution < 1.29 is 41.0 Å². The van der Waals surface area contributed by atoms with Crippen molar-refractivity contribution in [2.75, 3.05) is 11.9 Å². The zero-order valence-electron chi connectivity index (χ0n) is 20.2. The first-order chi connectivity index (χ1) is 17.0. The van der Waals surface area contributed by atoms with Gasteiger partial charge >= 0.3 is 24.5 Å². The summed E-state index contributed by atoms with van der Waals surface area (Å²) in [7, 11) is 0. The largest absolute Gasteiger partial charge is 0.465 e. The predicted molar refractivity (Wildman–Crippen MR) is 124 cm³/mol. The summed E-state index contributed by atoms with van der Waals surface area (Å²) in [5.74, 6) is -0.538. The van der Waals surface area contributed by atoms with Crippen LogP contribution in [0.1, 0.15) is 49.8 Å². The molecule has 1 heterocycles. The first kappa shape index (κ1) is 28.1. The number of carboxylic acid groups (broad SMARTS) is 1. The average molecular weight is 531 g/mol. The fourth-order valence-corrected chi connectivity index (χ4v) is 4.85. The van der Waals surface area contributed by atoms with E-state index in [1.54, 1.807) is 30.3 Å². The number of likely N-dealkylation sites (tertiary alicyclic amines) is 1. The van der Waals surface area contributed by atoms with E-state index in [-0.39, 0.29) is 19.0 Å². The van der Waals surface area contributed by atoms with Crippen molar-refractivity contribution >= 4 is 17.8 Å². The van der Waals surface area contributed by atoms with Crippen molar-refractivity contribution in [1.82, 2.24) is 10.2 Å². The van der Waals surface area contributed by atoms with Crippen molar-refractivity contribution in [1.29, 1.82) is 0 Å². The van der Waals surface area contributed by atoms with Crippen LogP contribution in [-0.2, 0) is 12.4 Å². The number of piperidine rings is 1. The summed E-state index contributed by atoms with van der Waals surface area (Å²) in [4.78, 5) is 26.2. The maximum atomic E-state index is 13.2. The number of carbonyl (C=O) groups is 2. The maximum absolute atomic E-state index is 13.2. The molecule has 2 aromatic rings. The van der Waals surface area contributed by atoms with Gasteiger partial charge in [0.15, 0.2) is 0 Å². The van der Waals surface area contributed by atoms with Crippen molar-refractivity contribution in [2.24, 2.45) is 5.41 Å². The molecule has 12 heteroatoms. The van der Waals surface area contributed by atoms with Crippen LogP contribution in [0.2, 0.25) is 0 Å². The number of benzene rings is 2. The molecule has 6 nitrogen and oxygen atoms in total. The molecular formula is C25H27F6N3O3. The van der Waals surface area contributed by atoms with Gasteiger partial charge in [0.25, 0.3) is 0 Å². The van der Waals surface area contributed by atoms with Gasteiger partial charge in [-0.3, -0.25) is 0 Å². The zero-order valence-corrected chi connectivity index (χ0v) is 20.2. The van der Waals surface area contributed by atoms with Crippen LogP contribution in [0.5, 0.6) is 0 Å². The van der Waals surface area contributed by atoms with Gasteiger partial charge in [0.2, 0.25) is 0 Å². The van der Waals surface area contributed by atoms with E-state index in [9.17, 15) is 41.0 Å². The SMILES string of the molecule is CC(C)(C)C1[C@H](c2ccccc2)[C@H](NC(=O)Nc2cc(C(F)(F)F)cc(C(F)(F)F)c2)CCN1C(=O)O. The molecule has 3 atom stereocenters. The van der Waals surface area contributed by atoms with E-state index in [4.69, 9.17) is 0 Å². The van der Waals surface area contributed by atoms with Crippen LogP contribution in [0.3, 0.4) is 0 Å². The summed E-state index contributed by atoms with van der Waals surface area (Å²) in [6.07, 6.45) is -11.1. The molecule has 3 N–H and O–H groups in total. The van der Waals surface area contributed by atoms with Crippen LogP contribution in [0.25, 0.3) is 0 Å². The quantitative estimate of drug-likeness (QED) is 0.381. The molecule has 0 aromatic heterocycles. The number of carbonyl (C=O) groups excluding carboxylic acids is 1. The van der Waals surface area contributed by atoms with Crippen molar-refractivity contribution in [2.45, 2.75) is 57.5 Å². The zero-order chi connectivity index (χ0) is 27.8. The third kappa shape index (κ3) is 6.66. The minimum Gasteiger partial charge on any atom is -0.465 e. The molecule has 1 aliphatic rings. The van der Waals surface area contributed by atoms with Gasteiger partial charge in [-0.1, -0.05) is 51.1 Å². The third-order valence-electron chi connectivity index (χ3n) is 6.27. The number of alkyl halides is 6. The average Bonchev–Trinajstić information content (AvgIpc) is 2.77. The fraction of sp³-hybridized carbons (Fsp3) is 0.440. The summed E-state index contributed by atoms with van der Waals surface area (Å²) in [6.45, 7) is 5.64. The second kappa shape index (κ2) is 10.1. The minimum absolute atomic E-state index is 0.0237. The highest BCUT2D eigenvalue weighted by atomic mass is 19.4. The first-order valence-corrected chi connectivity index (χ1v) is 11.4. The Morgan fingerprint density at radius 3 is 1.92 bits per heavy atom. The Morgan fingerprint density at radius 2 is 1.46 bits per heavy atom. The van der Waals surface area contributed by atoms with Crippen LogP contribution in [0.15, 0.2) is 48.5 Å². The van der Waals surface area contributed by atoms with Crippen LogP contribution < -0.4 is 10.6 Å². The second-order valence-electron chi connectivity index (χ2n) is 10.0. The number of hydrogen-bond acceptors (Lipinski definition) is 2. The lowest BCUT2D eigenvalue weighted by atomic mass is 9.69. The number of hydrogen-bond donors (Lipinski definition) is 3. The lowest BCUT2D eigenvalue weighted by Crippen LogP contribution is -2.60. The highest BCUT2D eigenvalue weighted by Crippen LogP contribution is 2.42. The van der Waals surface area contributed by atoms with E-state index < -0.39 is 64.7 Å². The summed E-state index contributed by atoms with van der Waals surface area (Å²) in [6, 6.07) is 7.43. The van der Waals surface area contributed by atoms with E-state index in [0.717, 1.165) is 5.56 Å². The normalized spacial score (nSPS) is 20.9. The molecule has 0 radical (unpaired) electrons. The molecule has 1 aliphatic heterocycles. The van der Waals surface area contributed by atoms with Crippen molar-refractivity contribution in [3.05, 3.63) is 65.2 Å². The number of nitrogens with zero attached hydrogens (tertiary/aromatic N) is 1. The molecule has 1 unspecified atom stereocenters. The van der Waals surface area contributed by atoms with Crippen LogP contribution in [0, 0.1) is 5.41 Å². The highest BCUT2D eigenvalue weighted by molar-refractivity contribution is 5.89. The number of amides is 3. The Kier molecular flexibility index (Phi) is 7.71. The molecule has 0 aliphatic carbocycles. The Bertz CT molecular complexity index is 1100. The topological polar surface area (TPSA) is 81.7 Å². The molecule has 3 amide bonds. The van der Waals surface area contributed by atoms with E-state index >= 15 is 0 Å². The Hall–Kier alpha value is -3.44. The monoisotopic (exact) mass is 531 g/mol. The molecule has 37 heavy (non-hydrogen) atoms. The van der Waals surface area contributed by atoms with Gasteiger partial charge in [0.05, 0.1) is 11.1 Å². The molecule has 0 saturated carbocycles. The van der Waals surface area contributed by atoms with Gasteiger partial charge in [-0.05, 0) is 35.6 Å². The molecule has 0 spiro atoms. The lowest BCUT2D eigenvalue weighted by molar-refractivity contribution is -0.143. The molecule has 1 fully saturated rings. The van der Waals surface area contributed by atoms with Gasteiger partial charge in [0.1, 0.15) is 0 Å². The van der Waals surface area contributed by atoms with Gasteiger partial charge in [-0.2, -0.15) is 26.3 Å². The molecule has 1 saturated heterocycles. The maximum Gasteiger partial charge on any atom is 0.416 e. The smallest absolute Gasteiger partial charge is 0.416 e. The number of rotatable bonds is 3. The van der Waals surface area contributed by atoms with E-state index in [1.807, 2.05) is 20.8 Å². The van der Waals surface area contributed by atoms with Crippen LogP contribution in [0.4, 0.5) is 41.6 Å². The summed E-state index contributed by atoms with van der Waals surface area (Å²) in [5.41, 5.74) is -3.62.